The summed E-state index contributed by atoms with van der Waals surface area (Å²) >= 11 is 4.85. The minimum atomic E-state index is -0.111. The number of aromatic nitrogens is 3. The number of hydrogen-bond acceptors (Lipinski definition) is 5. The van der Waals surface area contributed by atoms with Crippen molar-refractivity contribution in [2.24, 2.45) is 0 Å². The van der Waals surface area contributed by atoms with Gasteiger partial charge in [0, 0.05) is 11.0 Å². The van der Waals surface area contributed by atoms with Crippen molar-refractivity contribution >= 4 is 39.3 Å². The molecule has 0 aliphatic rings. The molecule has 6 nitrogen and oxygen atoms in total. The van der Waals surface area contributed by atoms with Crippen molar-refractivity contribution in [2.45, 2.75) is 51.9 Å². The number of hydrogen-bond donors (Lipinski definition) is 1. The maximum absolute atomic E-state index is 12.5. The van der Waals surface area contributed by atoms with Crippen LogP contribution in [-0.2, 0) is 17.9 Å². The molecule has 0 saturated heterocycles. The van der Waals surface area contributed by atoms with Crippen molar-refractivity contribution < 1.29 is 9.53 Å². The average molecular weight is 530 g/mol. The molecule has 3 rings (SSSR count). The van der Waals surface area contributed by atoms with Gasteiger partial charge in [0.2, 0.25) is 5.91 Å². The molecule has 1 aromatic heterocycles. The van der Waals surface area contributed by atoms with Crippen LogP contribution in [-0.4, -0.2) is 26.4 Å². The van der Waals surface area contributed by atoms with E-state index >= 15 is 0 Å². The number of carbonyl (C=O) groups excluding carboxylic acids is 1. The lowest BCUT2D eigenvalue weighted by atomic mass is 10.0. The van der Waals surface area contributed by atoms with Crippen molar-refractivity contribution in [2.75, 3.05) is 11.1 Å². The molecule has 0 saturated carbocycles. The van der Waals surface area contributed by atoms with E-state index < -0.39 is 0 Å². The van der Waals surface area contributed by atoms with Crippen LogP contribution in [0.25, 0.3) is 0 Å². The molecule has 0 aliphatic carbocycles. The fraction of sp³-hybridized carbons (Fsp3) is 0.320. The number of amides is 1. The summed E-state index contributed by atoms with van der Waals surface area (Å²) in [5.41, 5.74) is 4.31. The lowest BCUT2D eigenvalue weighted by Crippen LogP contribution is -2.15. The molecule has 174 valence electrons. The van der Waals surface area contributed by atoms with Gasteiger partial charge in [-0.1, -0.05) is 43.8 Å². The molecule has 0 fully saturated rings. The molecule has 33 heavy (non-hydrogen) atoms. The normalized spacial score (nSPS) is 11.0. The SMILES string of the molecule is C=CCn1c(COc2ccc(C(C)C)cc2)nnc1SCC(=O)Nc1cc(C)c(C)cc1Br. The maximum Gasteiger partial charge on any atom is 0.234 e. The predicted molar refractivity (Wildman–Crippen MR) is 138 cm³/mol. The highest BCUT2D eigenvalue weighted by atomic mass is 79.9. The third-order valence-corrected chi connectivity index (χ3v) is 6.83. The van der Waals surface area contributed by atoms with E-state index in [-0.39, 0.29) is 18.3 Å². The Morgan fingerprint density at radius 2 is 1.91 bits per heavy atom. The highest BCUT2D eigenvalue weighted by Gasteiger charge is 2.15. The van der Waals surface area contributed by atoms with Crippen LogP contribution in [0.5, 0.6) is 5.75 Å². The fourth-order valence-electron chi connectivity index (χ4n) is 3.13. The van der Waals surface area contributed by atoms with Gasteiger partial charge in [0.1, 0.15) is 12.4 Å². The first-order valence-corrected chi connectivity index (χ1v) is 12.5. The van der Waals surface area contributed by atoms with Crippen LogP contribution in [0.2, 0.25) is 0 Å². The van der Waals surface area contributed by atoms with Crippen molar-refractivity contribution in [3.63, 3.8) is 0 Å². The monoisotopic (exact) mass is 528 g/mol. The van der Waals surface area contributed by atoms with Crippen LogP contribution in [0.3, 0.4) is 0 Å². The average Bonchev–Trinajstić information content (AvgIpc) is 3.16. The molecule has 1 amide bonds. The van der Waals surface area contributed by atoms with Crippen molar-refractivity contribution in [3.8, 4) is 5.75 Å². The number of anilines is 1. The summed E-state index contributed by atoms with van der Waals surface area (Å²) in [5.74, 6) is 2.04. The van der Waals surface area contributed by atoms with Crippen LogP contribution in [0.1, 0.15) is 42.3 Å². The minimum absolute atomic E-state index is 0.111. The molecule has 8 heteroatoms. The van der Waals surface area contributed by atoms with Gasteiger partial charge in [0.25, 0.3) is 0 Å². The van der Waals surface area contributed by atoms with E-state index in [1.807, 2.05) is 42.7 Å². The molecular weight excluding hydrogens is 500 g/mol. The number of thioether (sulfide) groups is 1. The number of halogens is 1. The number of aryl methyl sites for hydroxylation is 2. The molecule has 1 heterocycles. The van der Waals surface area contributed by atoms with Gasteiger partial charge in [-0.2, -0.15) is 0 Å². The number of carbonyl (C=O) groups is 1. The number of nitrogens with one attached hydrogen (secondary N) is 1. The molecule has 3 aromatic rings. The Labute approximate surface area is 208 Å². The zero-order chi connectivity index (χ0) is 24.0. The quantitative estimate of drug-likeness (QED) is 0.247. The Balaban J connectivity index is 1.62. The van der Waals surface area contributed by atoms with Gasteiger partial charge in [-0.05, 0) is 76.7 Å². The first-order chi connectivity index (χ1) is 15.8. The molecular formula is C25H29BrN4O2S. The Bertz CT molecular complexity index is 1130. The van der Waals surface area contributed by atoms with Gasteiger partial charge in [-0.25, -0.2) is 0 Å². The third kappa shape index (κ3) is 6.71. The zero-order valence-electron chi connectivity index (χ0n) is 19.4. The summed E-state index contributed by atoms with van der Waals surface area (Å²) < 4.78 is 8.69. The Morgan fingerprint density at radius 3 is 2.58 bits per heavy atom. The fourth-order valence-corrected chi connectivity index (χ4v) is 4.46. The van der Waals surface area contributed by atoms with Gasteiger partial charge >= 0.3 is 0 Å². The van der Waals surface area contributed by atoms with Gasteiger partial charge in [-0.15, -0.1) is 16.8 Å². The van der Waals surface area contributed by atoms with Crippen LogP contribution in [0.15, 0.2) is 58.7 Å². The van der Waals surface area contributed by atoms with E-state index in [1.165, 1.54) is 17.3 Å². The van der Waals surface area contributed by atoms with Crippen molar-refractivity contribution in [3.05, 3.63) is 76.0 Å². The van der Waals surface area contributed by atoms with E-state index in [9.17, 15) is 4.79 Å². The highest BCUT2D eigenvalue weighted by molar-refractivity contribution is 9.10. The molecule has 0 atom stereocenters. The Kier molecular flexibility index (Phi) is 8.74. The smallest absolute Gasteiger partial charge is 0.234 e. The molecule has 0 bridgehead atoms. The number of ether oxygens (including phenoxy) is 1. The summed E-state index contributed by atoms with van der Waals surface area (Å²) in [7, 11) is 0. The van der Waals surface area contributed by atoms with E-state index in [4.69, 9.17) is 4.74 Å². The largest absolute Gasteiger partial charge is 0.486 e. The second kappa shape index (κ2) is 11.5. The molecule has 2 aromatic carbocycles. The predicted octanol–water partition coefficient (Wildman–Crippen LogP) is 6.28. The van der Waals surface area contributed by atoms with Crippen LogP contribution in [0.4, 0.5) is 5.69 Å². The zero-order valence-corrected chi connectivity index (χ0v) is 21.8. The summed E-state index contributed by atoms with van der Waals surface area (Å²) in [6, 6.07) is 12.0. The third-order valence-electron chi connectivity index (χ3n) is 5.21. The van der Waals surface area contributed by atoms with Gasteiger partial charge in [0.15, 0.2) is 11.0 Å². The standard InChI is InChI=1S/C25H29BrN4O2S/c1-6-11-30-23(14-32-20-9-7-19(8-10-20)16(2)3)28-29-25(30)33-15-24(31)27-22-13-18(5)17(4)12-21(22)26/h6-10,12-13,16H,1,11,14-15H2,2-5H3,(H,27,31). The number of nitrogens with zero attached hydrogens (tertiary/aromatic N) is 3. The summed E-state index contributed by atoms with van der Waals surface area (Å²) in [4.78, 5) is 12.5. The summed E-state index contributed by atoms with van der Waals surface area (Å²) in [6.07, 6.45) is 1.78. The number of rotatable bonds is 10. The number of allylic oxidation sites excluding steroid dienone is 1. The van der Waals surface area contributed by atoms with Gasteiger partial charge < -0.3 is 10.1 Å². The summed E-state index contributed by atoms with van der Waals surface area (Å²) in [5, 5.41) is 12.1. The molecule has 1 N–H and O–H groups in total. The summed E-state index contributed by atoms with van der Waals surface area (Å²) in [6.45, 7) is 13.0. The lowest BCUT2D eigenvalue weighted by Gasteiger charge is -2.11. The van der Waals surface area contributed by atoms with E-state index in [0.717, 1.165) is 27.0 Å². The first-order valence-electron chi connectivity index (χ1n) is 10.7. The molecule has 0 radical (unpaired) electrons. The molecule has 0 spiro atoms. The second-order valence-electron chi connectivity index (χ2n) is 8.06. The van der Waals surface area contributed by atoms with Gasteiger partial charge in [-0.3, -0.25) is 9.36 Å². The number of benzene rings is 2. The molecule has 0 unspecified atom stereocenters. The Hall–Kier alpha value is -2.58. The topological polar surface area (TPSA) is 69.0 Å². The van der Waals surface area contributed by atoms with Crippen LogP contribution in [0, 0.1) is 13.8 Å². The van der Waals surface area contributed by atoms with Gasteiger partial charge in [0.05, 0.1) is 11.4 Å². The Morgan fingerprint density at radius 1 is 1.21 bits per heavy atom. The first kappa shape index (κ1) is 25.1. The maximum atomic E-state index is 12.5. The van der Waals surface area contributed by atoms with Crippen LogP contribution >= 0.6 is 27.7 Å². The van der Waals surface area contributed by atoms with Crippen molar-refractivity contribution in [1.29, 1.82) is 0 Å². The van der Waals surface area contributed by atoms with E-state index in [0.29, 0.717) is 23.4 Å². The van der Waals surface area contributed by atoms with E-state index in [2.05, 4.69) is 64.0 Å². The lowest BCUT2D eigenvalue weighted by molar-refractivity contribution is -0.113. The van der Waals surface area contributed by atoms with Crippen molar-refractivity contribution in [1.82, 2.24) is 14.8 Å². The molecule has 0 aliphatic heterocycles. The van der Waals surface area contributed by atoms with Crippen LogP contribution < -0.4 is 10.1 Å². The minimum Gasteiger partial charge on any atom is -0.486 e. The second-order valence-corrected chi connectivity index (χ2v) is 9.86. The van der Waals surface area contributed by atoms with E-state index in [1.54, 1.807) is 6.08 Å². The highest BCUT2D eigenvalue weighted by Crippen LogP contribution is 2.27.